The highest BCUT2D eigenvalue weighted by molar-refractivity contribution is 5.87. The smallest absolute Gasteiger partial charge is 0.275 e. The molecule has 1 atom stereocenters. The average Bonchev–Trinajstić information content (AvgIpc) is 2.79. The molecule has 1 heterocycles. The number of para-hydroxylation sites is 2. The van der Waals surface area contributed by atoms with Gasteiger partial charge >= 0.3 is 0 Å². The fourth-order valence-corrected chi connectivity index (χ4v) is 4.36. The number of hydrogen-bond donors (Lipinski definition) is 2. The summed E-state index contributed by atoms with van der Waals surface area (Å²) in [6, 6.07) is 22.7. The molecule has 5 heteroatoms. The topological polar surface area (TPSA) is 46.0 Å². The molecule has 1 amide bonds. The van der Waals surface area contributed by atoms with E-state index in [2.05, 4.69) is 53.5 Å². The lowest BCUT2D eigenvalue weighted by Gasteiger charge is -2.34. The van der Waals surface area contributed by atoms with E-state index in [-0.39, 0.29) is 11.9 Å². The first kappa shape index (κ1) is 20.2. The first-order valence-electron chi connectivity index (χ1n) is 10.6. The van der Waals surface area contributed by atoms with E-state index in [0.717, 1.165) is 43.2 Å². The summed E-state index contributed by atoms with van der Waals surface area (Å²) in [4.78, 5) is 16.4. The van der Waals surface area contributed by atoms with Crippen molar-refractivity contribution in [1.82, 2.24) is 5.32 Å². The molecule has 3 aromatic carbocycles. The number of carbonyl (C=O) groups is 1. The second kappa shape index (κ2) is 9.18. The summed E-state index contributed by atoms with van der Waals surface area (Å²) in [5.74, 6) is 1.01. The molecule has 0 unspecified atom stereocenters. The van der Waals surface area contributed by atoms with Gasteiger partial charge in [-0.15, -0.1) is 0 Å². The molecule has 1 fully saturated rings. The summed E-state index contributed by atoms with van der Waals surface area (Å²) in [6.45, 7) is 6.29. The van der Waals surface area contributed by atoms with Gasteiger partial charge in [-0.2, -0.15) is 0 Å². The van der Waals surface area contributed by atoms with Crippen molar-refractivity contribution < 1.29 is 14.4 Å². The summed E-state index contributed by atoms with van der Waals surface area (Å²) >= 11 is 0. The molecule has 0 aromatic heterocycles. The highest BCUT2D eigenvalue weighted by Gasteiger charge is 2.24. The minimum atomic E-state index is -0.0159. The van der Waals surface area contributed by atoms with Crippen LogP contribution in [0.15, 0.2) is 66.7 Å². The Morgan fingerprint density at radius 3 is 2.53 bits per heavy atom. The van der Waals surface area contributed by atoms with Crippen LogP contribution >= 0.6 is 0 Å². The number of nitrogens with zero attached hydrogens (tertiary/aromatic N) is 1. The van der Waals surface area contributed by atoms with Crippen molar-refractivity contribution in [2.45, 2.75) is 13.0 Å². The highest BCUT2D eigenvalue weighted by Crippen LogP contribution is 2.27. The molecule has 1 aliphatic heterocycles. The van der Waals surface area contributed by atoms with Gasteiger partial charge in [-0.05, 0) is 35.4 Å². The van der Waals surface area contributed by atoms with Gasteiger partial charge < -0.3 is 19.9 Å². The van der Waals surface area contributed by atoms with E-state index in [1.807, 2.05) is 30.3 Å². The molecule has 0 spiro atoms. The predicted octanol–water partition coefficient (Wildman–Crippen LogP) is 2.43. The van der Waals surface area contributed by atoms with Gasteiger partial charge in [-0.3, -0.25) is 4.79 Å². The summed E-state index contributed by atoms with van der Waals surface area (Å²) in [6.07, 6.45) is 0. The maximum absolute atomic E-state index is 12.7. The maximum atomic E-state index is 12.7. The van der Waals surface area contributed by atoms with Gasteiger partial charge in [0.05, 0.1) is 45.0 Å². The second-order valence-electron chi connectivity index (χ2n) is 7.94. The fraction of sp³-hybridized carbons (Fsp3) is 0.320. The molecule has 0 radical (unpaired) electrons. The van der Waals surface area contributed by atoms with E-state index in [9.17, 15) is 4.79 Å². The number of ether oxygens (including phenoxy) is 1. The van der Waals surface area contributed by atoms with Crippen molar-refractivity contribution in [3.63, 3.8) is 0 Å². The van der Waals surface area contributed by atoms with Gasteiger partial charge in [0.15, 0.2) is 6.54 Å². The highest BCUT2D eigenvalue weighted by atomic mass is 16.5. The van der Waals surface area contributed by atoms with Crippen LogP contribution in [0.25, 0.3) is 10.8 Å². The van der Waals surface area contributed by atoms with E-state index in [4.69, 9.17) is 4.74 Å². The number of carbonyl (C=O) groups excluding carboxylic acids is 1. The first-order chi connectivity index (χ1) is 14.7. The number of quaternary nitrogens is 1. The van der Waals surface area contributed by atoms with E-state index in [1.54, 1.807) is 7.11 Å². The number of fused-ring (bicyclic) bond motifs is 1. The third-order valence-electron chi connectivity index (χ3n) is 5.97. The van der Waals surface area contributed by atoms with Crippen LogP contribution < -0.4 is 19.9 Å². The summed E-state index contributed by atoms with van der Waals surface area (Å²) in [5, 5.41) is 5.61. The lowest BCUT2D eigenvalue weighted by Crippen LogP contribution is -3.15. The van der Waals surface area contributed by atoms with Crippen LogP contribution in [0, 0.1) is 0 Å². The van der Waals surface area contributed by atoms with Crippen LogP contribution in [-0.2, 0) is 4.79 Å². The number of methoxy groups -OCH3 is 1. The van der Waals surface area contributed by atoms with Crippen LogP contribution in [0.5, 0.6) is 5.75 Å². The van der Waals surface area contributed by atoms with Gasteiger partial charge in [0.1, 0.15) is 5.75 Å². The Kier molecular flexibility index (Phi) is 6.19. The third kappa shape index (κ3) is 4.41. The fourth-order valence-electron chi connectivity index (χ4n) is 4.36. The van der Waals surface area contributed by atoms with E-state index in [0.29, 0.717) is 6.54 Å². The van der Waals surface area contributed by atoms with Crippen LogP contribution in [0.4, 0.5) is 5.69 Å². The number of anilines is 1. The molecule has 156 valence electrons. The zero-order valence-electron chi connectivity index (χ0n) is 17.7. The standard InChI is InChI=1S/C25H29N3O2/c1-19(21-11-7-9-20-8-3-4-10-22(20)21)26-25(29)18-27-14-16-28(17-15-27)23-12-5-6-13-24(23)30-2/h3-13,19H,14-18H2,1-2H3,(H,26,29)/p+1/t19-/m0/s1. The molecule has 0 aliphatic carbocycles. The third-order valence-corrected chi connectivity index (χ3v) is 5.97. The van der Waals surface area contributed by atoms with Crippen molar-refractivity contribution in [1.29, 1.82) is 0 Å². The molecular formula is C25H30N3O2+. The van der Waals surface area contributed by atoms with Crippen LogP contribution in [0.2, 0.25) is 0 Å². The minimum Gasteiger partial charge on any atom is -0.495 e. The summed E-state index contributed by atoms with van der Waals surface area (Å²) < 4.78 is 5.49. The molecule has 2 N–H and O–H groups in total. The normalized spacial score (nSPS) is 15.7. The summed E-state index contributed by atoms with van der Waals surface area (Å²) in [7, 11) is 1.71. The largest absolute Gasteiger partial charge is 0.495 e. The van der Waals surface area contributed by atoms with E-state index >= 15 is 0 Å². The van der Waals surface area contributed by atoms with Gasteiger partial charge in [0, 0.05) is 0 Å². The van der Waals surface area contributed by atoms with Crippen molar-refractivity contribution in [3.05, 3.63) is 72.3 Å². The maximum Gasteiger partial charge on any atom is 0.275 e. The van der Waals surface area contributed by atoms with Gasteiger partial charge in [0.25, 0.3) is 5.91 Å². The number of benzene rings is 3. The van der Waals surface area contributed by atoms with Crippen LogP contribution in [-0.4, -0.2) is 45.7 Å². The zero-order valence-corrected chi connectivity index (χ0v) is 17.7. The van der Waals surface area contributed by atoms with Crippen molar-refractivity contribution in [3.8, 4) is 5.75 Å². The quantitative estimate of drug-likeness (QED) is 0.663. The molecule has 1 saturated heterocycles. The van der Waals surface area contributed by atoms with Crippen LogP contribution in [0.1, 0.15) is 18.5 Å². The SMILES string of the molecule is COc1ccccc1N1CC[NH+](CC(=O)N[C@@H](C)c2cccc3ccccc23)CC1. The van der Waals surface area contributed by atoms with Crippen molar-refractivity contribution in [2.24, 2.45) is 0 Å². The Balaban J connectivity index is 1.33. The molecule has 30 heavy (non-hydrogen) atoms. The lowest BCUT2D eigenvalue weighted by molar-refractivity contribution is -0.892. The van der Waals surface area contributed by atoms with Gasteiger partial charge in [-0.25, -0.2) is 0 Å². The summed E-state index contributed by atoms with van der Waals surface area (Å²) in [5.41, 5.74) is 2.30. The van der Waals surface area contributed by atoms with Gasteiger partial charge in [0.2, 0.25) is 0 Å². The molecule has 4 rings (SSSR count). The van der Waals surface area contributed by atoms with Gasteiger partial charge in [-0.1, -0.05) is 54.6 Å². The Hall–Kier alpha value is -3.05. The number of piperazine rings is 1. The number of nitrogens with one attached hydrogen (secondary N) is 2. The number of rotatable bonds is 6. The van der Waals surface area contributed by atoms with E-state index < -0.39 is 0 Å². The Labute approximate surface area is 178 Å². The lowest BCUT2D eigenvalue weighted by atomic mass is 10.00. The van der Waals surface area contributed by atoms with Crippen LogP contribution in [0.3, 0.4) is 0 Å². The van der Waals surface area contributed by atoms with E-state index in [1.165, 1.54) is 15.7 Å². The Morgan fingerprint density at radius 1 is 1.03 bits per heavy atom. The molecule has 5 nitrogen and oxygen atoms in total. The van der Waals surface area contributed by atoms with Crippen molar-refractivity contribution >= 4 is 22.4 Å². The minimum absolute atomic E-state index is 0.0159. The molecule has 3 aromatic rings. The Morgan fingerprint density at radius 2 is 1.73 bits per heavy atom. The molecule has 0 saturated carbocycles. The second-order valence-corrected chi connectivity index (χ2v) is 7.94. The molecule has 0 bridgehead atoms. The Bertz CT molecular complexity index is 1010. The van der Waals surface area contributed by atoms with Crippen molar-refractivity contribution in [2.75, 3.05) is 44.7 Å². The zero-order chi connectivity index (χ0) is 20.9. The number of amides is 1. The molecule has 1 aliphatic rings. The number of hydrogen-bond acceptors (Lipinski definition) is 3. The monoisotopic (exact) mass is 404 g/mol. The average molecular weight is 405 g/mol. The predicted molar refractivity (Wildman–Crippen MR) is 121 cm³/mol. The first-order valence-corrected chi connectivity index (χ1v) is 10.6. The molecular weight excluding hydrogens is 374 g/mol.